The fourth-order valence-corrected chi connectivity index (χ4v) is 1.98. The lowest BCUT2D eigenvalue weighted by Crippen LogP contribution is -2.13. The van der Waals surface area contributed by atoms with Gasteiger partial charge in [0.2, 0.25) is 0 Å². The highest BCUT2D eigenvalue weighted by atomic mass is 16.5. The van der Waals surface area contributed by atoms with Crippen LogP contribution in [0.25, 0.3) is 0 Å². The highest BCUT2D eigenvalue weighted by Gasteiger charge is 2.07. The predicted octanol–water partition coefficient (Wildman–Crippen LogP) is 3.17. The van der Waals surface area contributed by atoms with Gasteiger partial charge in [0.15, 0.2) is 0 Å². The largest absolute Gasteiger partial charge is 0.497 e. The summed E-state index contributed by atoms with van der Waals surface area (Å²) in [5.74, 6) is 6.86. The molecule has 0 fully saturated rings. The van der Waals surface area contributed by atoms with Gasteiger partial charge < -0.3 is 15.2 Å². The number of amides is 1. The van der Waals surface area contributed by atoms with Gasteiger partial charge in [-0.05, 0) is 48.9 Å². The first-order chi connectivity index (χ1) is 11.6. The van der Waals surface area contributed by atoms with E-state index in [4.69, 9.17) is 15.2 Å². The minimum absolute atomic E-state index is 0.308. The number of primary amides is 1. The van der Waals surface area contributed by atoms with Gasteiger partial charge in [0.25, 0.3) is 5.91 Å². The Bertz CT molecular complexity index is 813. The summed E-state index contributed by atoms with van der Waals surface area (Å²) in [6.07, 6.45) is 1.85. The maximum Gasteiger partial charge on any atom is 0.252 e. The van der Waals surface area contributed by atoms with Crippen molar-refractivity contribution >= 4 is 5.91 Å². The second-order valence-corrected chi connectivity index (χ2v) is 5.04. The van der Waals surface area contributed by atoms with Crippen LogP contribution in [0.3, 0.4) is 0 Å². The molecule has 0 aliphatic carbocycles. The van der Waals surface area contributed by atoms with Crippen LogP contribution in [0.4, 0.5) is 0 Å². The number of rotatable bonds is 5. The molecule has 2 aromatic carbocycles. The van der Waals surface area contributed by atoms with Crippen LogP contribution < -0.4 is 15.2 Å². The molecule has 0 aliphatic rings. The van der Waals surface area contributed by atoms with E-state index < -0.39 is 5.91 Å². The number of hydrogen-bond acceptors (Lipinski definition) is 3. The molecule has 0 radical (unpaired) electrons. The number of allylic oxidation sites excluding steroid dienone is 1. The molecule has 1 amide bonds. The average Bonchev–Trinajstić information content (AvgIpc) is 2.60. The Morgan fingerprint density at radius 3 is 2.75 bits per heavy atom. The lowest BCUT2D eigenvalue weighted by atomic mass is 10.2. The minimum Gasteiger partial charge on any atom is -0.497 e. The molecule has 0 aliphatic heterocycles. The summed E-state index contributed by atoms with van der Waals surface area (Å²) in [4.78, 5) is 11.3. The van der Waals surface area contributed by atoms with E-state index in [2.05, 4.69) is 11.8 Å². The van der Waals surface area contributed by atoms with Crippen LogP contribution in [-0.4, -0.2) is 19.6 Å². The van der Waals surface area contributed by atoms with Gasteiger partial charge >= 0.3 is 0 Å². The van der Waals surface area contributed by atoms with Crippen molar-refractivity contribution in [2.45, 2.75) is 6.92 Å². The third-order valence-corrected chi connectivity index (χ3v) is 3.25. The number of benzene rings is 2. The molecule has 4 nitrogen and oxygen atoms in total. The number of carbonyl (C=O) groups excluding carboxylic acids is 1. The Balaban J connectivity index is 2.00. The fourth-order valence-electron chi connectivity index (χ4n) is 1.98. The molecule has 4 heteroatoms. The molecule has 0 spiro atoms. The first-order valence-electron chi connectivity index (χ1n) is 7.44. The smallest absolute Gasteiger partial charge is 0.252 e. The summed E-state index contributed by atoms with van der Waals surface area (Å²) in [6.45, 7) is 2.21. The van der Waals surface area contributed by atoms with Gasteiger partial charge in [-0.3, -0.25) is 4.79 Å². The van der Waals surface area contributed by atoms with Crippen molar-refractivity contribution in [2.24, 2.45) is 5.73 Å². The molecule has 0 saturated carbocycles. The first-order valence-corrected chi connectivity index (χ1v) is 7.44. The summed E-state index contributed by atoms with van der Waals surface area (Å²) in [5.41, 5.74) is 7.43. The van der Waals surface area contributed by atoms with E-state index in [-0.39, 0.29) is 0 Å². The van der Waals surface area contributed by atoms with E-state index in [0.717, 1.165) is 16.9 Å². The van der Waals surface area contributed by atoms with Crippen molar-refractivity contribution < 1.29 is 14.3 Å². The van der Waals surface area contributed by atoms with Crippen molar-refractivity contribution in [2.75, 3.05) is 13.7 Å². The van der Waals surface area contributed by atoms with E-state index >= 15 is 0 Å². The van der Waals surface area contributed by atoms with Crippen LogP contribution in [0.1, 0.15) is 22.8 Å². The maximum atomic E-state index is 11.3. The normalized spacial score (nSPS) is 10.5. The summed E-state index contributed by atoms with van der Waals surface area (Å²) < 4.78 is 10.8. The van der Waals surface area contributed by atoms with E-state index in [1.54, 1.807) is 31.4 Å². The van der Waals surface area contributed by atoms with Gasteiger partial charge in [0.05, 0.1) is 12.7 Å². The number of hydrogen-bond donors (Lipinski definition) is 1. The number of methoxy groups -OCH3 is 1. The number of ether oxygens (including phenoxy) is 2. The van der Waals surface area contributed by atoms with Crippen LogP contribution in [0.15, 0.2) is 60.2 Å². The Morgan fingerprint density at radius 1 is 1.21 bits per heavy atom. The summed E-state index contributed by atoms with van der Waals surface area (Å²) in [6, 6.07) is 14.4. The Kier molecular flexibility index (Phi) is 6.04. The molecule has 0 unspecified atom stereocenters. The third kappa shape index (κ3) is 4.92. The highest BCUT2D eigenvalue weighted by molar-refractivity contribution is 5.95. The summed E-state index contributed by atoms with van der Waals surface area (Å²) in [5, 5.41) is 0. The van der Waals surface area contributed by atoms with Gasteiger partial charge in [-0.1, -0.05) is 30.0 Å². The lowest BCUT2D eigenvalue weighted by molar-refractivity contribution is 0.0997. The van der Waals surface area contributed by atoms with Gasteiger partial charge in [-0.25, -0.2) is 0 Å². The molecule has 0 atom stereocenters. The molecular formula is C20H19NO3. The zero-order chi connectivity index (χ0) is 17.4. The molecule has 2 aromatic rings. The topological polar surface area (TPSA) is 61.6 Å². The van der Waals surface area contributed by atoms with Crippen molar-refractivity contribution in [3.8, 4) is 23.3 Å². The third-order valence-electron chi connectivity index (χ3n) is 3.25. The molecule has 122 valence electrons. The quantitative estimate of drug-likeness (QED) is 0.861. The molecule has 0 bridgehead atoms. The standard InChI is InChI=1S/C20H19NO3/c1-15(10-11-16-6-5-7-17(14-16)23-2)12-13-24-19-9-4-3-8-18(19)20(21)22/h3-9,12,14H,13H2,1-2H3,(H2,21,22). The molecule has 2 N–H and O–H groups in total. The summed E-state index contributed by atoms with van der Waals surface area (Å²) in [7, 11) is 1.62. The number of para-hydroxylation sites is 1. The highest BCUT2D eigenvalue weighted by Crippen LogP contribution is 2.17. The molecule has 2 rings (SSSR count). The summed E-state index contributed by atoms with van der Waals surface area (Å²) >= 11 is 0. The van der Waals surface area contributed by atoms with Gasteiger partial charge in [0, 0.05) is 5.56 Å². The monoisotopic (exact) mass is 321 g/mol. The van der Waals surface area contributed by atoms with Crippen LogP contribution in [0, 0.1) is 11.8 Å². The Hall–Kier alpha value is -3.19. The van der Waals surface area contributed by atoms with Crippen molar-refractivity contribution in [3.05, 3.63) is 71.3 Å². The predicted molar refractivity (Wildman–Crippen MR) is 94.1 cm³/mol. The fraction of sp³-hybridized carbons (Fsp3) is 0.150. The van der Waals surface area contributed by atoms with Crippen molar-refractivity contribution in [1.82, 2.24) is 0 Å². The Morgan fingerprint density at radius 2 is 2.00 bits per heavy atom. The molecule has 24 heavy (non-hydrogen) atoms. The van der Waals surface area contributed by atoms with Crippen LogP contribution in [-0.2, 0) is 0 Å². The van der Waals surface area contributed by atoms with E-state index in [1.807, 2.05) is 37.3 Å². The van der Waals surface area contributed by atoms with Crippen LogP contribution in [0.5, 0.6) is 11.5 Å². The minimum atomic E-state index is -0.510. The van der Waals surface area contributed by atoms with Gasteiger partial charge in [0.1, 0.15) is 18.1 Å². The zero-order valence-corrected chi connectivity index (χ0v) is 13.7. The van der Waals surface area contributed by atoms with Crippen LogP contribution in [0.2, 0.25) is 0 Å². The Labute approximate surface area is 141 Å². The lowest BCUT2D eigenvalue weighted by Gasteiger charge is -2.07. The van der Waals surface area contributed by atoms with E-state index in [1.165, 1.54) is 0 Å². The van der Waals surface area contributed by atoms with E-state index in [9.17, 15) is 4.79 Å². The maximum absolute atomic E-state index is 11.3. The van der Waals surface area contributed by atoms with Gasteiger partial charge in [-0.2, -0.15) is 0 Å². The van der Waals surface area contributed by atoms with E-state index in [0.29, 0.717) is 17.9 Å². The zero-order valence-electron chi connectivity index (χ0n) is 13.7. The number of nitrogens with two attached hydrogens (primary N) is 1. The first kappa shape index (κ1) is 17.2. The van der Waals surface area contributed by atoms with Crippen molar-refractivity contribution in [3.63, 3.8) is 0 Å². The second kappa shape index (κ2) is 8.44. The molecule has 0 aromatic heterocycles. The molecule has 0 heterocycles. The van der Waals surface area contributed by atoms with Gasteiger partial charge in [-0.15, -0.1) is 0 Å². The molecular weight excluding hydrogens is 302 g/mol. The SMILES string of the molecule is COc1cccc(C#CC(C)=CCOc2ccccc2C(N)=O)c1. The molecule has 0 saturated heterocycles. The number of carbonyl (C=O) groups is 1. The van der Waals surface area contributed by atoms with Crippen molar-refractivity contribution in [1.29, 1.82) is 0 Å². The van der Waals surface area contributed by atoms with Crippen LogP contribution >= 0.6 is 0 Å². The second-order valence-electron chi connectivity index (χ2n) is 5.04. The average molecular weight is 321 g/mol.